The summed E-state index contributed by atoms with van der Waals surface area (Å²) in [6, 6.07) is 5.63. The van der Waals surface area contributed by atoms with E-state index in [0.29, 0.717) is 43.1 Å². The van der Waals surface area contributed by atoms with E-state index in [-0.39, 0.29) is 11.9 Å². The third kappa shape index (κ3) is 3.50. The molecule has 0 bridgehead atoms. The minimum atomic E-state index is -0.827. The van der Waals surface area contributed by atoms with Gasteiger partial charge in [-0.05, 0) is 43.4 Å². The lowest BCUT2D eigenvalue weighted by Gasteiger charge is -2.32. The summed E-state index contributed by atoms with van der Waals surface area (Å²) in [5, 5.41) is 2.73. The Morgan fingerprint density at radius 1 is 1.25 bits per heavy atom. The number of piperidine rings is 1. The van der Waals surface area contributed by atoms with Gasteiger partial charge in [0.15, 0.2) is 11.6 Å². The number of halogens is 2. The van der Waals surface area contributed by atoms with Crippen molar-refractivity contribution in [3.8, 4) is 0 Å². The molecule has 1 N–H and O–H groups in total. The van der Waals surface area contributed by atoms with E-state index in [4.69, 9.17) is 0 Å². The van der Waals surface area contributed by atoms with Gasteiger partial charge in [0.2, 0.25) is 0 Å². The number of nitrogens with zero attached hydrogens (tertiary/aromatic N) is 3. The highest BCUT2D eigenvalue weighted by atomic mass is 19.2. The van der Waals surface area contributed by atoms with Gasteiger partial charge in [-0.3, -0.25) is 5.32 Å². The first-order valence-corrected chi connectivity index (χ1v) is 7.84. The van der Waals surface area contributed by atoms with Crippen molar-refractivity contribution in [1.82, 2.24) is 14.9 Å². The Morgan fingerprint density at radius 3 is 2.71 bits per heavy atom. The Kier molecular flexibility index (Phi) is 4.69. The van der Waals surface area contributed by atoms with E-state index in [1.165, 1.54) is 6.07 Å². The van der Waals surface area contributed by atoms with Crippen LogP contribution in [0.3, 0.4) is 0 Å². The lowest BCUT2D eigenvalue weighted by atomic mass is 9.89. The molecule has 0 unspecified atom stereocenters. The van der Waals surface area contributed by atoms with E-state index < -0.39 is 11.6 Å². The zero-order chi connectivity index (χ0) is 17.1. The van der Waals surface area contributed by atoms with Gasteiger partial charge in [0.05, 0.1) is 0 Å². The first-order valence-electron chi connectivity index (χ1n) is 7.84. The second-order valence-corrected chi connectivity index (χ2v) is 5.82. The fourth-order valence-corrected chi connectivity index (χ4v) is 2.94. The number of rotatable bonds is 2. The number of aryl methyl sites for hydroxylation is 1. The van der Waals surface area contributed by atoms with Crippen LogP contribution in [0.15, 0.2) is 30.5 Å². The molecule has 0 aliphatic carbocycles. The average Bonchev–Trinajstić information content (AvgIpc) is 2.57. The predicted molar refractivity (Wildman–Crippen MR) is 85.7 cm³/mol. The van der Waals surface area contributed by atoms with Crippen LogP contribution in [0, 0.1) is 18.6 Å². The third-order valence-electron chi connectivity index (χ3n) is 4.21. The third-order valence-corrected chi connectivity index (χ3v) is 4.21. The van der Waals surface area contributed by atoms with Gasteiger partial charge >= 0.3 is 6.03 Å². The summed E-state index contributed by atoms with van der Waals surface area (Å²) in [4.78, 5) is 22.0. The van der Waals surface area contributed by atoms with Crippen LogP contribution in [0.25, 0.3) is 0 Å². The van der Waals surface area contributed by atoms with Gasteiger partial charge in [0, 0.05) is 19.3 Å². The molecule has 24 heavy (non-hydrogen) atoms. The first-order chi connectivity index (χ1) is 11.5. The highest BCUT2D eigenvalue weighted by molar-refractivity contribution is 5.88. The molecule has 1 fully saturated rings. The second kappa shape index (κ2) is 6.90. The van der Waals surface area contributed by atoms with Crippen molar-refractivity contribution in [2.24, 2.45) is 0 Å². The molecule has 0 spiro atoms. The number of hydrogen-bond donors (Lipinski definition) is 1. The molecule has 0 atom stereocenters. The van der Waals surface area contributed by atoms with Gasteiger partial charge in [0.1, 0.15) is 11.6 Å². The number of anilines is 1. The number of carbonyl (C=O) groups is 1. The first kappa shape index (κ1) is 16.3. The molecule has 1 aliphatic heterocycles. The quantitative estimate of drug-likeness (QED) is 0.916. The number of hydrogen-bond acceptors (Lipinski definition) is 3. The van der Waals surface area contributed by atoms with Crippen LogP contribution in [0.4, 0.5) is 19.4 Å². The zero-order valence-corrected chi connectivity index (χ0v) is 13.3. The van der Waals surface area contributed by atoms with Crippen LogP contribution in [-0.2, 0) is 0 Å². The van der Waals surface area contributed by atoms with E-state index >= 15 is 0 Å². The summed E-state index contributed by atoms with van der Waals surface area (Å²) in [7, 11) is 0. The van der Waals surface area contributed by atoms with Gasteiger partial charge in [-0.1, -0.05) is 12.1 Å². The Hall–Kier alpha value is -2.57. The maximum Gasteiger partial charge on any atom is 0.323 e. The number of aromatic nitrogens is 2. The molecule has 0 saturated carbocycles. The smallest absolute Gasteiger partial charge is 0.323 e. The Labute approximate surface area is 138 Å². The Bertz CT molecular complexity index is 745. The highest BCUT2D eigenvalue weighted by Crippen LogP contribution is 2.30. The van der Waals surface area contributed by atoms with Crippen molar-refractivity contribution in [3.05, 3.63) is 53.5 Å². The topological polar surface area (TPSA) is 58.1 Å². The molecule has 0 radical (unpaired) electrons. The minimum absolute atomic E-state index is 0.0777. The van der Waals surface area contributed by atoms with Crippen LogP contribution in [-0.4, -0.2) is 34.0 Å². The van der Waals surface area contributed by atoms with Crippen LogP contribution in [0.5, 0.6) is 0 Å². The average molecular weight is 332 g/mol. The van der Waals surface area contributed by atoms with E-state index in [2.05, 4.69) is 15.3 Å². The van der Waals surface area contributed by atoms with E-state index in [0.717, 1.165) is 6.07 Å². The van der Waals surface area contributed by atoms with Crippen molar-refractivity contribution in [2.45, 2.75) is 25.7 Å². The fourth-order valence-electron chi connectivity index (χ4n) is 2.94. The normalized spacial score (nSPS) is 15.4. The summed E-state index contributed by atoms with van der Waals surface area (Å²) in [5.74, 6) is -0.659. The summed E-state index contributed by atoms with van der Waals surface area (Å²) < 4.78 is 27.2. The molecule has 7 heteroatoms. The summed E-state index contributed by atoms with van der Waals surface area (Å²) in [5.41, 5.74) is 0.390. The number of nitrogens with one attached hydrogen (secondary N) is 1. The molecule has 2 heterocycles. The summed E-state index contributed by atoms with van der Waals surface area (Å²) in [6.45, 7) is 2.71. The molecular formula is C17H18F2N4O. The number of carbonyl (C=O) groups excluding carboxylic acids is 1. The van der Waals surface area contributed by atoms with E-state index in [1.54, 1.807) is 30.2 Å². The van der Waals surface area contributed by atoms with Gasteiger partial charge in [-0.2, -0.15) is 0 Å². The van der Waals surface area contributed by atoms with Crippen LogP contribution < -0.4 is 5.32 Å². The molecule has 1 saturated heterocycles. The monoisotopic (exact) mass is 332 g/mol. The number of likely N-dealkylation sites (tertiary alicyclic amines) is 1. The molecule has 1 aromatic heterocycles. The molecule has 5 nitrogen and oxygen atoms in total. The highest BCUT2D eigenvalue weighted by Gasteiger charge is 2.26. The lowest BCUT2D eigenvalue weighted by Crippen LogP contribution is -2.40. The van der Waals surface area contributed by atoms with Crippen molar-refractivity contribution < 1.29 is 13.6 Å². The maximum absolute atomic E-state index is 13.9. The molecule has 2 aromatic rings. The number of amides is 2. The summed E-state index contributed by atoms with van der Waals surface area (Å²) >= 11 is 0. The van der Waals surface area contributed by atoms with Gasteiger partial charge < -0.3 is 4.90 Å². The predicted octanol–water partition coefficient (Wildman–Crippen LogP) is 3.47. The molecule has 126 valence electrons. The van der Waals surface area contributed by atoms with Crippen molar-refractivity contribution in [1.29, 1.82) is 0 Å². The Balaban J connectivity index is 1.60. The van der Waals surface area contributed by atoms with Crippen LogP contribution in [0.1, 0.15) is 30.1 Å². The maximum atomic E-state index is 13.9. The largest absolute Gasteiger partial charge is 0.324 e. The molecule has 3 rings (SSSR count). The number of benzene rings is 1. The summed E-state index contributed by atoms with van der Waals surface area (Å²) in [6.07, 6.45) is 2.77. The van der Waals surface area contributed by atoms with Crippen LogP contribution in [0.2, 0.25) is 0 Å². The van der Waals surface area contributed by atoms with Crippen molar-refractivity contribution in [3.63, 3.8) is 0 Å². The van der Waals surface area contributed by atoms with Gasteiger partial charge in [-0.25, -0.2) is 23.5 Å². The van der Waals surface area contributed by atoms with Crippen LogP contribution >= 0.6 is 0 Å². The second-order valence-electron chi connectivity index (χ2n) is 5.82. The lowest BCUT2D eigenvalue weighted by molar-refractivity contribution is 0.194. The van der Waals surface area contributed by atoms with Crippen molar-refractivity contribution >= 4 is 11.8 Å². The van der Waals surface area contributed by atoms with Crippen molar-refractivity contribution in [2.75, 3.05) is 18.4 Å². The number of urea groups is 1. The standard InChI is InChI=1S/C17H18F2N4O/c1-11-20-8-5-15(21-11)22-17(24)23-9-6-12(7-10-23)13-3-2-4-14(18)16(13)19/h2-5,8,12H,6-7,9-10H2,1H3,(H,20,21,22,24). The van der Waals surface area contributed by atoms with E-state index in [1.807, 2.05) is 0 Å². The zero-order valence-electron chi connectivity index (χ0n) is 13.3. The minimum Gasteiger partial charge on any atom is -0.324 e. The SMILES string of the molecule is Cc1nccc(NC(=O)N2CCC(c3cccc(F)c3F)CC2)n1. The molecule has 2 amide bonds. The molecule has 1 aromatic carbocycles. The van der Waals surface area contributed by atoms with Gasteiger partial charge in [0.25, 0.3) is 0 Å². The molecule has 1 aliphatic rings. The Morgan fingerprint density at radius 2 is 2.00 bits per heavy atom. The fraction of sp³-hybridized carbons (Fsp3) is 0.353. The molecular weight excluding hydrogens is 314 g/mol. The van der Waals surface area contributed by atoms with Gasteiger partial charge in [-0.15, -0.1) is 0 Å². The van der Waals surface area contributed by atoms with E-state index in [9.17, 15) is 13.6 Å².